The van der Waals surface area contributed by atoms with Gasteiger partial charge in [-0.25, -0.2) is 0 Å². The van der Waals surface area contributed by atoms with Gasteiger partial charge in [0.05, 0.1) is 23.9 Å². The maximum atomic E-state index is 13.0. The van der Waals surface area contributed by atoms with Crippen molar-refractivity contribution < 1.29 is 9.53 Å². The lowest BCUT2D eigenvalue weighted by molar-refractivity contribution is 0.0947. The molecule has 1 aliphatic heterocycles. The molecule has 1 N–H and O–H groups in total. The minimum atomic E-state index is -0.0509. The molecule has 162 valence electrons. The number of hydrogen-bond donors (Lipinski definition) is 1. The standard InChI is InChI=1S/C25H29N3O2S/c1-18-23(19(2)28(27-18)16-20-9-4-3-5-10-20)15-26-25(29)22-12-6-7-13-24(22)31-17-21-11-8-14-30-21/h3-7,9-10,12-13,21H,8,11,14-17H2,1-2H3,(H,26,29)/t21-/m0/s1. The summed E-state index contributed by atoms with van der Waals surface area (Å²) in [6.07, 6.45) is 2.53. The van der Waals surface area contributed by atoms with E-state index in [0.717, 1.165) is 59.2 Å². The van der Waals surface area contributed by atoms with Crippen molar-refractivity contribution in [2.45, 2.75) is 50.8 Å². The molecule has 6 heteroatoms. The molecule has 1 saturated heterocycles. The maximum absolute atomic E-state index is 13.0. The smallest absolute Gasteiger partial charge is 0.252 e. The number of ether oxygens (including phenoxy) is 1. The Balaban J connectivity index is 1.41. The van der Waals surface area contributed by atoms with Gasteiger partial charge in [-0.1, -0.05) is 42.5 Å². The molecule has 2 heterocycles. The third-order valence-electron chi connectivity index (χ3n) is 5.71. The summed E-state index contributed by atoms with van der Waals surface area (Å²) in [5, 5.41) is 7.80. The normalized spacial score (nSPS) is 15.9. The number of carbonyl (C=O) groups is 1. The van der Waals surface area contributed by atoms with Crippen LogP contribution in [-0.2, 0) is 17.8 Å². The maximum Gasteiger partial charge on any atom is 0.252 e. The number of rotatable bonds is 8. The van der Waals surface area contributed by atoms with Crippen LogP contribution in [0.2, 0.25) is 0 Å². The highest BCUT2D eigenvalue weighted by molar-refractivity contribution is 7.99. The minimum absolute atomic E-state index is 0.0509. The van der Waals surface area contributed by atoms with Crippen molar-refractivity contribution >= 4 is 17.7 Å². The van der Waals surface area contributed by atoms with Gasteiger partial charge in [0.1, 0.15) is 0 Å². The van der Waals surface area contributed by atoms with E-state index in [1.54, 1.807) is 11.8 Å². The Hall–Kier alpha value is -2.57. The number of amides is 1. The van der Waals surface area contributed by atoms with Crippen LogP contribution in [0, 0.1) is 13.8 Å². The fourth-order valence-electron chi connectivity index (χ4n) is 3.90. The summed E-state index contributed by atoms with van der Waals surface area (Å²) < 4.78 is 7.73. The van der Waals surface area contributed by atoms with E-state index in [2.05, 4.69) is 24.4 Å². The molecule has 0 spiro atoms. The first-order valence-corrected chi connectivity index (χ1v) is 11.8. The van der Waals surface area contributed by atoms with Gasteiger partial charge in [-0.2, -0.15) is 5.10 Å². The Morgan fingerprint density at radius 3 is 2.71 bits per heavy atom. The number of thioether (sulfide) groups is 1. The number of aromatic nitrogens is 2. The van der Waals surface area contributed by atoms with Crippen LogP contribution in [0.5, 0.6) is 0 Å². The van der Waals surface area contributed by atoms with Gasteiger partial charge >= 0.3 is 0 Å². The quantitative estimate of drug-likeness (QED) is 0.519. The molecule has 2 aromatic carbocycles. The predicted molar refractivity (Wildman–Crippen MR) is 125 cm³/mol. The van der Waals surface area contributed by atoms with Gasteiger partial charge < -0.3 is 10.1 Å². The fraction of sp³-hybridized carbons (Fsp3) is 0.360. The first-order chi connectivity index (χ1) is 15.1. The molecule has 0 unspecified atom stereocenters. The first-order valence-electron chi connectivity index (χ1n) is 10.8. The molecular weight excluding hydrogens is 406 g/mol. The molecule has 0 bridgehead atoms. The van der Waals surface area contributed by atoms with Gasteiger partial charge in [-0.15, -0.1) is 11.8 Å². The second-order valence-corrected chi connectivity index (χ2v) is 8.98. The predicted octanol–water partition coefficient (Wildman–Crippen LogP) is 4.75. The summed E-state index contributed by atoms with van der Waals surface area (Å²) in [6, 6.07) is 18.1. The van der Waals surface area contributed by atoms with Gasteiger partial charge in [0.2, 0.25) is 0 Å². The monoisotopic (exact) mass is 435 g/mol. The first kappa shape index (κ1) is 21.7. The second kappa shape index (κ2) is 10.2. The Morgan fingerprint density at radius 1 is 1.16 bits per heavy atom. The molecule has 3 aromatic rings. The summed E-state index contributed by atoms with van der Waals surface area (Å²) in [7, 11) is 0. The molecule has 1 aliphatic rings. The lowest BCUT2D eigenvalue weighted by Gasteiger charge is -2.12. The van der Waals surface area contributed by atoms with Crippen LogP contribution >= 0.6 is 11.8 Å². The van der Waals surface area contributed by atoms with E-state index in [-0.39, 0.29) is 5.91 Å². The van der Waals surface area contributed by atoms with Gasteiger partial charge in [0, 0.05) is 35.1 Å². The number of nitrogens with one attached hydrogen (secondary N) is 1. The van der Waals surface area contributed by atoms with Crippen molar-refractivity contribution in [1.29, 1.82) is 0 Å². The van der Waals surface area contributed by atoms with E-state index >= 15 is 0 Å². The van der Waals surface area contributed by atoms with Crippen LogP contribution in [0.3, 0.4) is 0 Å². The van der Waals surface area contributed by atoms with Crippen LogP contribution in [0.25, 0.3) is 0 Å². The van der Waals surface area contributed by atoms with Crippen molar-refractivity contribution in [3.05, 3.63) is 82.7 Å². The molecule has 1 aromatic heterocycles. The third kappa shape index (κ3) is 5.38. The average Bonchev–Trinajstić information content (AvgIpc) is 3.40. The summed E-state index contributed by atoms with van der Waals surface area (Å²) >= 11 is 1.70. The molecule has 31 heavy (non-hydrogen) atoms. The number of aryl methyl sites for hydroxylation is 1. The molecule has 1 atom stereocenters. The lowest BCUT2D eigenvalue weighted by atomic mass is 10.1. The molecule has 0 radical (unpaired) electrons. The van der Waals surface area contributed by atoms with Crippen LogP contribution in [0.4, 0.5) is 0 Å². The SMILES string of the molecule is Cc1nn(Cc2ccccc2)c(C)c1CNC(=O)c1ccccc1SC[C@@H]1CCCO1. The molecule has 1 fully saturated rings. The Kier molecular flexibility index (Phi) is 7.10. The number of hydrogen-bond acceptors (Lipinski definition) is 4. The van der Waals surface area contributed by atoms with E-state index < -0.39 is 0 Å². The molecular formula is C25H29N3O2S. The number of carbonyl (C=O) groups excluding carboxylic acids is 1. The topological polar surface area (TPSA) is 56.2 Å². The van der Waals surface area contributed by atoms with Crippen LogP contribution in [-0.4, -0.2) is 34.2 Å². The Morgan fingerprint density at radius 2 is 1.94 bits per heavy atom. The van der Waals surface area contributed by atoms with Crippen molar-refractivity contribution in [3.63, 3.8) is 0 Å². The van der Waals surface area contributed by atoms with E-state index in [4.69, 9.17) is 9.84 Å². The lowest BCUT2D eigenvalue weighted by Crippen LogP contribution is -2.24. The summed E-state index contributed by atoms with van der Waals surface area (Å²) in [4.78, 5) is 14.0. The highest BCUT2D eigenvalue weighted by Gasteiger charge is 2.19. The Labute approximate surface area is 188 Å². The number of benzene rings is 2. The van der Waals surface area contributed by atoms with Crippen molar-refractivity contribution in [2.75, 3.05) is 12.4 Å². The summed E-state index contributed by atoms with van der Waals surface area (Å²) in [5.41, 5.74) is 5.05. The number of nitrogens with zero attached hydrogens (tertiary/aromatic N) is 2. The van der Waals surface area contributed by atoms with Crippen LogP contribution in [0.15, 0.2) is 59.5 Å². The molecule has 0 aliphatic carbocycles. The average molecular weight is 436 g/mol. The zero-order valence-corrected chi connectivity index (χ0v) is 19.0. The van der Waals surface area contributed by atoms with Crippen LogP contribution in [0.1, 0.15) is 45.7 Å². The minimum Gasteiger partial charge on any atom is -0.377 e. The van der Waals surface area contributed by atoms with E-state index in [1.807, 2.05) is 54.1 Å². The van der Waals surface area contributed by atoms with Gasteiger partial charge in [0.15, 0.2) is 0 Å². The fourth-order valence-corrected chi connectivity index (χ4v) is 5.02. The van der Waals surface area contributed by atoms with E-state index in [9.17, 15) is 4.79 Å². The molecule has 0 saturated carbocycles. The van der Waals surface area contributed by atoms with Gasteiger partial charge in [0.25, 0.3) is 5.91 Å². The largest absolute Gasteiger partial charge is 0.377 e. The highest BCUT2D eigenvalue weighted by Crippen LogP contribution is 2.27. The zero-order valence-electron chi connectivity index (χ0n) is 18.1. The van der Waals surface area contributed by atoms with Gasteiger partial charge in [-0.05, 0) is 44.4 Å². The molecule has 5 nitrogen and oxygen atoms in total. The Bertz CT molecular complexity index is 1030. The summed E-state index contributed by atoms with van der Waals surface area (Å²) in [6.45, 7) is 6.11. The third-order valence-corrected chi connectivity index (χ3v) is 6.92. The highest BCUT2D eigenvalue weighted by atomic mass is 32.2. The summed E-state index contributed by atoms with van der Waals surface area (Å²) in [5.74, 6) is 0.833. The van der Waals surface area contributed by atoms with E-state index in [1.165, 1.54) is 5.56 Å². The molecule has 4 rings (SSSR count). The second-order valence-electron chi connectivity index (χ2n) is 7.92. The van der Waals surface area contributed by atoms with Crippen molar-refractivity contribution in [2.24, 2.45) is 0 Å². The van der Waals surface area contributed by atoms with E-state index in [0.29, 0.717) is 12.6 Å². The zero-order chi connectivity index (χ0) is 21.6. The van der Waals surface area contributed by atoms with Crippen LogP contribution < -0.4 is 5.32 Å². The van der Waals surface area contributed by atoms with Gasteiger partial charge in [-0.3, -0.25) is 9.48 Å². The van der Waals surface area contributed by atoms with Crippen molar-refractivity contribution in [1.82, 2.24) is 15.1 Å². The molecule has 1 amide bonds. The van der Waals surface area contributed by atoms with Crippen molar-refractivity contribution in [3.8, 4) is 0 Å².